The van der Waals surface area contributed by atoms with Gasteiger partial charge in [-0.2, -0.15) is 5.10 Å². The number of benzene rings is 2. The van der Waals surface area contributed by atoms with Crippen LogP contribution in [0.2, 0.25) is 0 Å². The highest BCUT2D eigenvalue weighted by atomic mass is 16.3. The first-order valence-electron chi connectivity index (χ1n) is 8.63. The number of para-hydroxylation sites is 1. The maximum absolute atomic E-state index is 5.98. The van der Waals surface area contributed by atoms with E-state index < -0.39 is 0 Å². The summed E-state index contributed by atoms with van der Waals surface area (Å²) in [4.78, 5) is 12.8. The van der Waals surface area contributed by atoms with Gasteiger partial charge in [-0.15, -0.1) is 0 Å². The Morgan fingerprint density at radius 2 is 1.85 bits per heavy atom. The van der Waals surface area contributed by atoms with Crippen molar-refractivity contribution in [2.75, 3.05) is 5.32 Å². The fraction of sp³-hybridized carbons (Fsp3) is 0.100. The molecule has 5 rings (SSSR count). The molecule has 0 aliphatic heterocycles. The van der Waals surface area contributed by atoms with Gasteiger partial charge in [0.05, 0.1) is 11.7 Å². The molecule has 0 aliphatic carbocycles. The minimum absolute atomic E-state index is 0.0427. The quantitative estimate of drug-likeness (QED) is 0.521. The van der Waals surface area contributed by atoms with Gasteiger partial charge in [-0.3, -0.25) is 0 Å². The number of hydrogen-bond donors (Lipinski definition) is 1. The summed E-state index contributed by atoms with van der Waals surface area (Å²) >= 11 is 0. The third-order valence-corrected chi connectivity index (χ3v) is 4.59. The van der Waals surface area contributed by atoms with Crippen molar-refractivity contribution in [3.63, 3.8) is 0 Å². The molecule has 7 heteroatoms. The van der Waals surface area contributed by atoms with Crippen molar-refractivity contribution in [1.82, 2.24) is 24.7 Å². The fourth-order valence-corrected chi connectivity index (χ4v) is 3.17. The van der Waals surface area contributed by atoms with Crippen molar-refractivity contribution in [3.05, 3.63) is 73.1 Å². The van der Waals surface area contributed by atoms with Gasteiger partial charge in [0.25, 0.3) is 0 Å². The Hall–Kier alpha value is -3.74. The molecule has 0 fully saturated rings. The van der Waals surface area contributed by atoms with Gasteiger partial charge in [-0.25, -0.2) is 19.6 Å². The van der Waals surface area contributed by atoms with Gasteiger partial charge in [0.1, 0.15) is 30.1 Å². The predicted molar refractivity (Wildman–Crippen MR) is 103 cm³/mol. The zero-order chi connectivity index (χ0) is 18.2. The van der Waals surface area contributed by atoms with Crippen molar-refractivity contribution < 1.29 is 4.42 Å². The maximum Gasteiger partial charge on any atom is 0.196 e. The molecule has 0 aliphatic rings. The van der Waals surface area contributed by atoms with Crippen LogP contribution in [0.1, 0.15) is 18.5 Å². The molecule has 3 heterocycles. The summed E-state index contributed by atoms with van der Waals surface area (Å²) in [6.07, 6.45) is 4.76. The topological polar surface area (TPSA) is 81.7 Å². The van der Waals surface area contributed by atoms with E-state index >= 15 is 0 Å². The Bertz CT molecular complexity index is 1210. The van der Waals surface area contributed by atoms with Crippen LogP contribution in [0.3, 0.4) is 0 Å². The van der Waals surface area contributed by atoms with Gasteiger partial charge >= 0.3 is 0 Å². The van der Waals surface area contributed by atoms with Gasteiger partial charge in [0.15, 0.2) is 11.4 Å². The second-order valence-corrected chi connectivity index (χ2v) is 6.30. The molecular weight excluding hydrogens is 340 g/mol. The van der Waals surface area contributed by atoms with Crippen molar-refractivity contribution in [1.29, 1.82) is 0 Å². The van der Waals surface area contributed by atoms with E-state index in [0.717, 1.165) is 27.7 Å². The average molecular weight is 356 g/mol. The SMILES string of the molecule is C[C@@H](Nc1ncnc2c1oc1ccccc12)c1ccc(-n2cncn2)cc1. The minimum Gasteiger partial charge on any atom is -0.450 e. The summed E-state index contributed by atoms with van der Waals surface area (Å²) in [5, 5.41) is 8.57. The van der Waals surface area contributed by atoms with Crippen molar-refractivity contribution in [2.45, 2.75) is 13.0 Å². The lowest BCUT2D eigenvalue weighted by molar-refractivity contribution is 0.665. The third-order valence-electron chi connectivity index (χ3n) is 4.59. The molecule has 1 N–H and O–H groups in total. The van der Waals surface area contributed by atoms with Crippen LogP contribution in [0.5, 0.6) is 0 Å². The first-order chi connectivity index (χ1) is 13.3. The molecule has 0 spiro atoms. The van der Waals surface area contributed by atoms with E-state index in [0.29, 0.717) is 11.4 Å². The Morgan fingerprint density at radius 1 is 1.00 bits per heavy atom. The van der Waals surface area contributed by atoms with Crippen molar-refractivity contribution in [3.8, 4) is 5.69 Å². The number of nitrogens with zero attached hydrogens (tertiary/aromatic N) is 5. The number of rotatable bonds is 4. The maximum atomic E-state index is 5.98. The molecule has 0 unspecified atom stereocenters. The van der Waals surface area contributed by atoms with Crippen LogP contribution < -0.4 is 5.32 Å². The van der Waals surface area contributed by atoms with Gasteiger partial charge in [0.2, 0.25) is 0 Å². The molecule has 0 amide bonds. The minimum atomic E-state index is 0.0427. The van der Waals surface area contributed by atoms with E-state index in [2.05, 4.69) is 44.4 Å². The molecule has 0 radical (unpaired) electrons. The van der Waals surface area contributed by atoms with Crippen LogP contribution in [0.25, 0.3) is 27.8 Å². The standard InChI is InChI=1S/C20H16N6O/c1-13(14-6-8-15(9-7-14)26-12-21-10-24-26)25-20-19-18(22-11-23-20)16-4-2-3-5-17(16)27-19/h2-13H,1H3,(H,22,23,25)/t13-/m1/s1. The number of fused-ring (bicyclic) bond motifs is 3. The molecular formula is C20H16N6O. The van der Waals surface area contributed by atoms with Gasteiger partial charge in [-0.1, -0.05) is 24.3 Å². The largest absolute Gasteiger partial charge is 0.450 e. The number of hydrogen-bond acceptors (Lipinski definition) is 6. The second kappa shape index (κ2) is 6.21. The lowest BCUT2D eigenvalue weighted by atomic mass is 10.1. The Labute approximate surface area is 154 Å². The number of nitrogens with one attached hydrogen (secondary N) is 1. The molecule has 7 nitrogen and oxygen atoms in total. The fourth-order valence-electron chi connectivity index (χ4n) is 3.17. The Balaban J connectivity index is 1.46. The van der Waals surface area contributed by atoms with Gasteiger partial charge in [-0.05, 0) is 36.8 Å². The first-order valence-corrected chi connectivity index (χ1v) is 8.63. The summed E-state index contributed by atoms with van der Waals surface area (Å²) in [5.41, 5.74) is 4.38. The van der Waals surface area contributed by atoms with Crippen LogP contribution in [0.4, 0.5) is 5.82 Å². The number of anilines is 1. The van der Waals surface area contributed by atoms with Crippen LogP contribution >= 0.6 is 0 Å². The van der Waals surface area contributed by atoms with Crippen LogP contribution in [-0.4, -0.2) is 24.7 Å². The highest BCUT2D eigenvalue weighted by Gasteiger charge is 2.15. The van der Waals surface area contributed by atoms with Crippen LogP contribution in [-0.2, 0) is 0 Å². The van der Waals surface area contributed by atoms with Gasteiger partial charge in [0, 0.05) is 5.39 Å². The highest BCUT2D eigenvalue weighted by molar-refractivity contribution is 6.05. The molecule has 0 saturated carbocycles. The molecule has 3 aromatic heterocycles. The molecule has 1 atom stereocenters. The predicted octanol–water partition coefficient (Wildman–Crippen LogP) is 4.13. The average Bonchev–Trinajstić information content (AvgIpc) is 3.37. The number of aromatic nitrogens is 5. The number of furan rings is 1. The first kappa shape index (κ1) is 15.5. The summed E-state index contributed by atoms with van der Waals surface area (Å²) in [7, 11) is 0. The van der Waals surface area contributed by atoms with E-state index in [1.54, 1.807) is 17.3 Å². The molecule has 27 heavy (non-hydrogen) atoms. The lowest BCUT2D eigenvalue weighted by Gasteiger charge is -2.15. The monoisotopic (exact) mass is 356 g/mol. The summed E-state index contributed by atoms with van der Waals surface area (Å²) < 4.78 is 7.71. The third kappa shape index (κ3) is 2.69. The Morgan fingerprint density at radius 3 is 2.67 bits per heavy atom. The molecule has 2 aromatic carbocycles. The van der Waals surface area contributed by atoms with E-state index in [-0.39, 0.29) is 6.04 Å². The van der Waals surface area contributed by atoms with E-state index in [4.69, 9.17) is 4.42 Å². The smallest absolute Gasteiger partial charge is 0.196 e. The zero-order valence-corrected chi connectivity index (χ0v) is 14.6. The van der Waals surface area contributed by atoms with Crippen molar-refractivity contribution >= 4 is 27.9 Å². The molecule has 0 saturated heterocycles. The summed E-state index contributed by atoms with van der Waals surface area (Å²) in [6.45, 7) is 2.08. The van der Waals surface area contributed by atoms with E-state index in [1.165, 1.54) is 6.33 Å². The summed E-state index contributed by atoms with van der Waals surface area (Å²) in [5.74, 6) is 0.684. The van der Waals surface area contributed by atoms with Crippen LogP contribution in [0, 0.1) is 0 Å². The molecule has 0 bridgehead atoms. The van der Waals surface area contributed by atoms with Crippen molar-refractivity contribution in [2.24, 2.45) is 0 Å². The summed E-state index contributed by atoms with van der Waals surface area (Å²) in [6, 6.07) is 16.1. The van der Waals surface area contributed by atoms with E-state index in [9.17, 15) is 0 Å². The van der Waals surface area contributed by atoms with Gasteiger partial charge < -0.3 is 9.73 Å². The highest BCUT2D eigenvalue weighted by Crippen LogP contribution is 2.31. The lowest BCUT2D eigenvalue weighted by Crippen LogP contribution is -2.08. The zero-order valence-electron chi connectivity index (χ0n) is 14.6. The molecule has 5 aromatic rings. The van der Waals surface area contributed by atoms with Crippen LogP contribution in [0.15, 0.2) is 71.9 Å². The Kier molecular flexibility index (Phi) is 3.57. The molecule has 132 valence electrons. The second-order valence-electron chi connectivity index (χ2n) is 6.30. The normalized spacial score (nSPS) is 12.5. The van der Waals surface area contributed by atoms with E-state index in [1.807, 2.05) is 36.4 Å².